The molecule has 0 atom stereocenters. The number of thioether (sulfide) groups is 1. The topological polar surface area (TPSA) is 111 Å². The highest BCUT2D eigenvalue weighted by Crippen LogP contribution is 2.35. The summed E-state index contributed by atoms with van der Waals surface area (Å²) in [7, 11) is 1.32. The van der Waals surface area contributed by atoms with E-state index in [2.05, 4.69) is 4.99 Å². The normalized spacial score (nSPS) is 15.3. The fourth-order valence-electron chi connectivity index (χ4n) is 3.52. The summed E-state index contributed by atoms with van der Waals surface area (Å²) in [6.45, 7) is 2.54. The number of nitro groups is 1. The first-order chi connectivity index (χ1) is 17.9. The molecule has 0 saturated carbocycles. The minimum Gasteiger partial charge on any atom is -0.488 e. The molecule has 0 aromatic heterocycles. The standard InChI is InChI=1S/C27H23N3O6S/c1-3-29-25(31)24(37-27(29)28-21-12-10-19(11-13-21)26(32)35-2)16-20-6-4-5-7-23(20)36-17-18-8-14-22(15-9-18)30(33)34/h4-16H,3,17H2,1-2H3/b24-16+,28-27?. The quantitative estimate of drug-likeness (QED) is 0.166. The fourth-order valence-corrected chi connectivity index (χ4v) is 4.57. The van der Waals surface area contributed by atoms with Crippen LogP contribution in [0.3, 0.4) is 0 Å². The Balaban J connectivity index is 1.53. The number of ether oxygens (including phenoxy) is 2. The van der Waals surface area contributed by atoms with Crippen molar-refractivity contribution in [3.63, 3.8) is 0 Å². The number of aliphatic imine (C=N–C) groups is 1. The first-order valence-corrected chi connectivity index (χ1v) is 12.1. The van der Waals surface area contributed by atoms with Crippen molar-refractivity contribution in [2.45, 2.75) is 13.5 Å². The Hall–Kier alpha value is -4.44. The Morgan fingerprint density at radius 1 is 1.08 bits per heavy atom. The summed E-state index contributed by atoms with van der Waals surface area (Å²) in [4.78, 5) is 41.9. The number of methoxy groups -OCH3 is 1. The van der Waals surface area contributed by atoms with Crippen LogP contribution in [0.1, 0.15) is 28.4 Å². The number of amides is 1. The number of carbonyl (C=O) groups is 2. The van der Waals surface area contributed by atoms with Crippen molar-refractivity contribution >= 4 is 46.3 Å². The molecule has 3 aromatic carbocycles. The van der Waals surface area contributed by atoms with E-state index < -0.39 is 10.9 Å². The minimum atomic E-state index is -0.447. The summed E-state index contributed by atoms with van der Waals surface area (Å²) in [6.07, 6.45) is 1.77. The van der Waals surface area contributed by atoms with E-state index in [9.17, 15) is 19.7 Å². The highest BCUT2D eigenvalue weighted by molar-refractivity contribution is 8.18. The van der Waals surface area contributed by atoms with Gasteiger partial charge in [0.2, 0.25) is 0 Å². The van der Waals surface area contributed by atoms with Crippen LogP contribution in [0.4, 0.5) is 11.4 Å². The van der Waals surface area contributed by atoms with Gasteiger partial charge in [-0.15, -0.1) is 0 Å². The highest BCUT2D eigenvalue weighted by Gasteiger charge is 2.32. The number of para-hydroxylation sites is 1. The number of benzene rings is 3. The molecule has 9 nitrogen and oxygen atoms in total. The number of amidine groups is 1. The number of carbonyl (C=O) groups excluding carboxylic acids is 2. The van der Waals surface area contributed by atoms with Crippen molar-refractivity contribution in [2.24, 2.45) is 4.99 Å². The van der Waals surface area contributed by atoms with E-state index in [-0.39, 0.29) is 18.2 Å². The van der Waals surface area contributed by atoms with Crippen LogP contribution in [-0.2, 0) is 16.1 Å². The van der Waals surface area contributed by atoms with Crippen LogP contribution in [-0.4, -0.2) is 40.5 Å². The second-order valence-corrected chi connectivity index (χ2v) is 8.85. The Kier molecular flexibility index (Phi) is 7.99. The number of hydrogen-bond acceptors (Lipinski definition) is 8. The van der Waals surface area contributed by atoms with Gasteiger partial charge in [-0.25, -0.2) is 9.79 Å². The molecule has 1 heterocycles. The number of nitro benzene ring substituents is 1. The molecule has 0 bridgehead atoms. The van der Waals surface area contributed by atoms with E-state index in [1.165, 1.54) is 31.0 Å². The molecule has 1 saturated heterocycles. The summed E-state index contributed by atoms with van der Waals surface area (Å²) in [6, 6.07) is 20.1. The van der Waals surface area contributed by atoms with Crippen molar-refractivity contribution < 1.29 is 24.0 Å². The van der Waals surface area contributed by atoms with Gasteiger partial charge in [0.1, 0.15) is 12.4 Å². The van der Waals surface area contributed by atoms with Gasteiger partial charge in [-0.3, -0.25) is 19.8 Å². The van der Waals surface area contributed by atoms with E-state index in [1.54, 1.807) is 53.4 Å². The lowest BCUT2D eigenvalue weighted by molar-refractivity contribution is -0.384. The maximum atomic E-state index is 13.1. The first-order valence-electron chi connectivity index (χ1n) is 11.3. The summed E-state index contributed by atoms with van der Waals surface area (Å²) in [5.74, 6) is -0.0179. The molecule has 0 radical (unpaired) electrons. The predicted molar refractivity (Wildman–Crippen MR) is 142 cm³/mol. The lowest BCUT2D eigenvalue weighted by Crippen LogP contribution is -2.28. The predicted octanol–water partition coefficient (Wildman–Crippen LogP) is 5.58. The molecule has 0 unspecified atom stereocenters. The number of likely N-dealkylation sites (N-methyl/N-ethyl adjacent to an activating group) is 1. The third-order valence-corrected chi connectivity index (χ3v) is 6.47. The van der Waals surface area contributed by atoms with Gasteiger partial charge < -0.3 is 9.47 Å². The van der Waals surface area contributed by atoms with Gasteiger partial charge in [-0.05, 0) is 72.8 Å². The molecular formula is C27H23N3O6S. The Bertz CT molecular complexity index is 1380. The molecular weight excluding hydrogens is 494 g/mol. The van der Waals surface area contributed by atoms with E-state index in [0.29, 0.717) is 33.6 Å². The Morgan fingerprint density at radius 3 is 2.43 bits per heavy atom. The smallest absolute Gasteiger partial charge is 0.337 e. The molecule has 0 aliphatic carbocycles. The van der Waals surface area contributed by atoms with Crippen LogP contribution in [0.15, 0.2) is 82.7 Å². The maximum Gasteiger partial charge on any atom is 0.337 e. The highest BCUT2D eigenvalue weighted by atomic mass is 32.2. The molecule has 1 fully saturated rings. The van der Waals surface area contributed by atoms with Crippen LogP contribution in [0.2, 0.25) is 0 Å². The van der Waals surface area contributed by atoms with Gasteiger partial charge in [-0.1, -0.05) is 18.2 Å². The fraction of sp³-hybridized carbons (Fsp3) is 0.148. The van der Waals surface area contributed by atoms with Crippen LogP contribution in [0.5, 0.6) is 5.75 Å². The molecule has 3 aromatic rings. The maximum absolute atomic E-state index is 13.1. The van der Waals surface area contributed by atoms with Gasteiger partial charge in [0.05, 0.1) is 28.2 Å². The molecule has 10 heteroatoms. The summed E-state index contributed by atoms with van der Waals surface area (Å²) >= 11 is 1.26. The van der Waals surface area contributed by atoms with Gasteiger partial charge in [0, 0.05) is 24.2 Å². The summed E-state index contributed by atoms with van der Waals surface area (Å²) < 4.78 is 10.7. The summed E-state index contributed by atoms with van der Waals surface area (Å²) in [5.41, 5.74) is 2.54. The van der Waals surface area contributed by atoms with Crippen LogP contribution < -0.4 is 4.74 Å². The number of non-ortho nitro benzene ring substituents is 1. The molecule has 1 aliphatic heterocycles. The van der Waals surface area contributed by atoms with Crippen LogP contribution in [0, 0.1) is 10.1 Å². The van der Waals surface area contributed by atoms with Crippen LogP contribution in [0.25, 0.3) is 6.08 Å². The van der Waals surface area contributed by atoms with E-state index in [1.807, 2.05) is 25.1 Å². The van der Waals surface area contributed by atoms with Gasteiger partial charge in [0.15, 0.2) is 5.17 Å². The lowest BCUT2D eigenvalue weighted by atomic mass is 10.1. The number of nitrogens with zero attached hydrogens (tertiary/aromatic N) is 3. The second-order valence-electron chi connectivity index (χ2n) is 7.84. The summed E-state index contributed by atoms with van der Waals surface area (Å²) in [5, 5.41) is 11.4. The number of esters is 1. The largest absolute Gasteiger partial charge is 0.488 e. The molecule has 1 amide bonds. The van der Waals surface area contributed by atoms with Gasteiger partial charge in [0.25, 0.3) is 11.6 Å². The van der Waals surface area contributed by atoms with E-state index >= 15 is 0 Å². The molecule has 0 N–H and O–H groups in total. The van der Waals surface area contributed by atoms with Crippen LogP contribution >= 0.6 is 11.8 Å². The zero-order valence-corrected chi connectivity index (χ0v) is 20.9. The monoisotopic (exact) mass is 517 g/mol. The van der Waals surface area contributed by atoms with E-state index in [0.717, 1.165) is 11.1 Å². The molecule has 188 valence electrons. The van der Waals surface area contributed by atoms with Gasteiger partial charge in [-0.2, -0.15) is 0 Å². The van der Waals surface area contributed by atoms with Crippen molar-refractivity contribution in [1.29, 1.82) is 0 Å². The van der Waals surface area contributed by atoms with Crippen molar-refractivity contribution in [3.8, 4) is 5.75 Å². The molecule has 4 rings (SSSR count). The third-order valence-electron chi connectivity index (χ3n) is 5.46. The number of hydrogen-bond donors (Lipinski definition) is 0. The second kappa shape index (κ2) is 11.5. The van der Waals surface area contributed by atoms with Gasteiger partial charge >= 0.3 is 5.97 Å². The lowest BCUT2D eigenvalue weighted by Gasteiger charge is -2.12. The van der Waals surface area contributed by atoms with Crippen molar-refractivity contribution in [1.82, 2.24) is 4.90 Å². The minimum absolute atomic E-state index is 0.0167. The first kappa shape index (κ1) is 25.6. The molecule has 0 spiro atoms. The van der Waals surface area contributed by atoms with Crippen molar-refractivity contribution in [2.75, 3.05) is 13.7 Å². The molecule has 37 heavy (non-hydrogen) atoms. The third kappa shape index (κ3) is 6.04. The Labute approximate surface area is 217 Å². The average Bonchev–Trinajstić information content (AvgIpc) is 3.21. The molecule has 1 aliphatic rings. The Morgan fingerprint density at radius 2 is 1.78 bits per heavy atom. The average molecular weight is 518 g/mol. The SMILES string of the molecule is CCN1C(=O)/C(=C\c2ccccc2OCc2ccc([N+](=O)[O-])cc2)SC1=Nc1ccc(C(=O)OC)cc1. The zero-order valence-electron chi connectivity index (χ0n) is 20.1. The van der Waals surface area contributed by atoms with E-state index in [4.69, 9.17) is 9.47 Å². The zero-order chi connectivity index (χ0) is 26.4. The van der Waals surface area contributed by atoms with Crippen molar-refractivity contribution in [3.05, 3.63) is 105 Å². The number of rotatable bonds is 8.